The van der Waals surface area contributed by atoms with Gasteiger partial charge < -0.3 is 14.8 Å². The second-order valence-corrected chi connectivity index (χ2v) is 3.95. The zero-order chi connectivity index (χ0) is 9.14. The zero-order valence-corrected chi connectivity index (χ0v) is 7.60. The van der Waals surface area contributed by atoms with E-state index in [-0.39, 0.29) is 12.5 Å². The van der Waals surface area contributed by atoms with Crippen molar-refractivity contribution in [2.75, 3.05) is 18.8 Å². The molecule has 1 saturated heterocycles. The Labute approximate surface area is 74.9 Å². The minimum atomic E-state index is -1.08. The Bertz CT molecular complexity index is 187. The van der Waals surface area contributed by atoms with Crippen LogP contribution >= 0.6 is 11.8 Å². The highest BCUT2D eigenvalue weighted by Crippen LogP contribution is 2.17. The van der Waals surface area contributed by atoms with E-state index in [2.05, 4.69) is 0 Å². The third-order valence-electron chi connectivity index (χ3n) is 1.77. The summed E-state index contributed by atoms with van der Waals surface area (Å²) in [5.41, 5.74) is 0. The summed E-state index contributed by atoms with van der Waals surface area (Å²) in [5, 5.41) is 9.90. The lowest BCUT2D eigenvalue weighted by atomic mass is 10.3. The molecule has 12 heavy (non-hydrogen) atoms. The normalized spacial score (nSPS) is 23.8. The number of carbonyl (C=O) groups is 2. The molecule has 0 bridgehead atoms. The highest BCUT2D eigenvalue weighted by Gasteiger charge is 2.22. The van der Waals surface area contributed by atoms with Gasteiger partial charge in [0.1, 0.15) is 0 Å². The second kappa shape index (κ2) is 3.80. The van der Waals surface area contributed by atoms with Gasteiger partial charge in [0.05, 0.1) is 11.2 Å². The number of thioether (sulfide) groups is 1. The number of hydrogen-bond donors (Lipinski definition) is 0. The molecule has 0 aromatic rings. The number of rotatable bonds is 1. The fourth-order valence-electron chi connectivity index (χ4n) is 1.08. The maximum absolute atomic E-state index is 10.9. The fourth-order valence-corrected chi connectivity index (χ4v) is 2.11. The maximum atomic E-state index is 10.9. The Morgan fingerprint density at radius 1 is 1.58 bits per heavy atom. The molecule has 0 N–H and O–H groups in total. The van der Waals surface area contributed by atoms with Gasteiger partial charge in [0.25, 0.3) is 0 Å². The standard InChI is InChI=1S/C7H11NO3S/c1-5(9)8-2-3-12-6(4-8)7(10)11/h6H,2-4H2,1H3,(H,10,11)/p-1/t6-/m0/s1. The quantitative estimate of drug-likeness (QED) is 0.513. The summed E-state index contributed by atoms with van der Waals surface area (Å²) in [7, 11) is 0. The van der Waals surface area contributed by atoms with Crippen LogP contribution in [0.3, 0.4) is 0 Å². The van der Waals surface area contributed by atoms with Crippen molar-refractivity contribution in [1.82, 2.24) is 4.90 Å². The van der Waals surface area contributed by atoms with Crippen LogP contribution < -0.4 is 5.11 Å². The zero-order valence-electron chi connectivity index (χ0n) is 6.78. The van der Waals surface area contributed by atoms with Crippen molar-refractivity contribution >= 4 is 23.6 Å². The van der Waals surface area contributed by atoms with Gasteiger partial charge in [-0.15, -0.1) is 11.8 Å². The molecule has 1 aliphatic rings. The predicted octanol–water partition coefficient (Wildman–Crippen LogP) is -1.30. The Morgan fingerprint density at radius 2 is 2.25 bits per heavy atom. The van der Waals surface area contributed by atoms with Crippen LogP contribution in [0.5, 0.6) is 0 Å². The fraction of sp³-hybridized carbons (Fsp3) is 0.714. The molecule has 1 amide bonds. The second-order valence-electron chi connectivity index (χ2n) is 2.64. The molecule has 1 heterocycles. The summed E-state index contributed by atoms with van der Waals surface area (Å²) in [4.78, 5) is 22.9. The van der Waals surface area contributed by atoms with Gasteiger partial charge in [-0.05, 0) is 0 Å². The van der Waals surface area contributed by atoms with Gasteiger partial charge in [-0.2, -0.15) is 0 Å². The first-order valence-electron chi connectivity index (χ1n) is 3.69. The van der Waals surface area contributed by atoms with E-state index >= 15 is 0 Å². The molecule has 0 unspecified atom stereocenters. The molecular weight excluding hydrogens is 178 g/mol. The van der Waals surface area contributed by atoms with E-state index in [1.165, 1.54) is 23.6 Å². The average molecular weight is 188 g/mol. The first-order valence-corrected chi connectivity index (χ1v) is 4.74. The summed E-state index contributed by atoms with van der Waals surface area (Å²) in [5.74, 6) is -0.467. The number of hydrogen-bond acceptors (Lipinski definition) is 4. The van der Waals surface area contributed by atoms with Crippen LogP contribution in [0.4, 0.5) is 0 Å². The third-order valence-corrected chi connectivity index (χ3v) is 2.94. The minimum Gasteiger partial charge on any atom is -0.549 e. The van der Waals surface area contributed by atoms with Crippen molar-refractivity contribution in [2.45, 2.75) is 12.2 Å². The number of aliphatic carboxylic acids is 1. The van der Waals surface area contributed by atoms with Crippen molar-refractivity contribution in [2.24, 2.45) is 0 Å². The van der Waals surface area contributed by atoms with Crippen molar-refractivity contribution in [3.63, 3.8) is 0 Å². The van der Waals surface area contributed by atoms with Gasteiger partial charge in [-0.3, -0.25) is 4.79 Å². The van der Waals surface area contributed by atoms with Crippen molar-refractivity contribution < 1.29 is 14.7 Å². The van der Waals surface area contributed by atoms with Crippen molar-refractivity contribution in [3.05, 3.63) is 0 Å². The summed E-state index contributed by atoms with van der Waals surface area (Å²) in [6.45, 7) is 2.37. The summed E-state index contributed by atoms with van der Waals surface area (Å²) in [6, 6.07) is 0. The van der Waals surface area contributed by atoms with Crippen LogP contribution in [-0.4, -0.2) is 40.9 Å². The first-order chi connectivity index (χ1) is 5.61. The Kier molecular flexibility index (Phi) is 2.97. The number of amides is 1. The Balaban J connectivity index is 2.51. The van der Waals surface area contributed by atoms with E-state index in [1.807, 2.05) is 0 Å². The number of carbonyl (C=O) groups excluding carboxylic acids is 2. The van der Waals surface area contributed by atoms with E-state index < -0.39 is 11.2 Å². The molecule has 68 valence electrons. The molecule has 1 aliphatic heterocycles. The molecule has 1 fully saturated rings. The van der Waals surface area contributed by atoms with Gasteiger partial charge in [0.15, 0.2) is 0 Å². The smallest absolute Gasteiger partial charge is 0.219 e. The molecule has 0 radical (unpaired) electrons. The number of carboxylic acids is 1. The maximum Gasteiger partial charge on any atom is 0.219 e. The van der Waals surface area contributed by atoms with Gasteiger partial charge in [-0.25, -0.2) is 0 Å². The van der Waals surface area contributed by atoms with E-state index in [9.17, 15) is 14.7 Å². The largest absolute Gasteiger partial charge is 0.549 e. The van der Waals surface area contributed by atoms with E-state index in [0.717, 1.165) is 0 Å². The van der Waals surface area contributed by atoms with Crippen molar-refractivity contribution in [3.8, 4) is 0 Å². The lowest BCUT2D eigenvalue weighted by Gasteiger charge is -2.31. The van der Waals surface area contributed by atoms with Crippen molar-refractivity contribution in [1.29, 1.82) is 0 Å². The van der Waals surface area contributed by atoms with Gasteiger partial charge >= 0.3 is 0 Å². The molecule has 0 spiro atoms. The highest BCUT2D eigenvalue weighted by molar-refractivity contribution is 8.00. The van der Waals surface area contributed by atoms with Gasteiger partial charge in [-0.1, -0.05) is 0 Å². The molecule has 1 atom stereocenters. The number of nitrogens with zero attached hydrogens (tertiary/aromatic N) is 1. The van der Waals surface area contributed by atoms with Crippen LogP contribution in [0, 0.1) is 0 Å². The van der Waals surface area contributed by atoms with E-state index in [1.54, 1.807) is 0 Å². The number of carboxylic acid groups (broad SMARTS) is 1. The minimum absolute atomic E-state index is 0.0680. The predicted molar refractivity (Wildman–Crippen MR) is 43.5 cm³/mol. The van der Waals surface area contributed by atoms with Crippen LogP contribution in [0.2, 0.25) is 0 Å². The first kappa shape index (κ1) is 9.38. The van der Waals surface area contributed by atoms with E-state index in [0.29, 0.717) is 12.3 Å². The average Bonchev–Trinajstić information content (AvgIpc) is 2.04. The molecule has 0 aromatic heterocycles. The molecule has 1 rings (SSSR count). The topological polar surface area (TPSA) is 60.4 Å². The van der Waals surface area contributed by atoms with Gasteiger partial charge in [0, 0.05) is 25.8 Å². The van der Waals surface area contributed by atoms with E-state index in [4.69, 9.17) is 0 Å². The molecule has 0 saturated carbocycles. The summed E-state index contributed by atoms with van der Waals surface area (Å²) >= 11 is 1.34. The van der Waals surface area contributed by atoms with Crippen LogP contribution in [0.25, 0.3) is 0 Å². The molecule has 0 aliphatic carbocycles. The Hall–Kier alpha value is -0.710. The molecule has 4 nitrogen and oxygen atoms in total. The summed E-state index contributed by atoms with van der Waals surface area (Å²) < 4.78 is 0. The third kappa shape index (κ3) is 2.14. The highest BCUT2D eigenvalue weighted by atomic mass is 32.2. The lowest BCUT2D eigenvalue weighted by Crippen LogP contribution is -2.47. The SMILES string of the molecule is CC(=O)N1CCS[C@H](C(=O)[O-])C1. The molecular formula is C7H10NO3S-. The van der Waals surface area contributed by atoms with Crippen LogP contribution in [0.1, 0.15) is 6.92 Å². The Morgan fingerprint density at radius 3 is 2.75 bits per heavy atom. The van der Waals surface area contributed by atoms with Crippen LogP contribution in [-0.2, 0) is 9.59 Å². The lowest BCUT2D eigenvalue weighted by molar-refractivity contribution is -0.304. The van der Waals surface area contributed by atoms with Crippen LogP contribution in [0.15, 0.2) is 0 Å². The monoisotopic (exact) mass is 188 g/mol. The summed E-state index contributed by atoms with van der Waals surface area (Å²) in [6.07, 6.45) is 0. The molecule has 0 aromatic carbocycles. The molecule has 5 heteroatoms. The van der Waals surface area contributed by atoms with Gasteiger partial charge in [0.2, 0.25) is 5.91 Å².